The lowest BCUT2D eigenvalue weighted by Crippen LogP contribution is -2.66. The number of carbonyl (C=O) groups is 3. The van der Waals surface area contributed by atoms with Gasteiger partial charge in [-0.1, -0.05) is 43.3 Å². The van der Waals surface area contributed by atoms with E-state index >= 15 is 0 Å². The SMILES string of the molecule is COC(=O)C1O[C@@H](O[C@@H]2C(C)[C@H](C)OC3COC(C)O[C@@H]32)C(OC(=O)c2ccccc2)[C@@H](OC(=O)c2ccccc2)[C@@H]1O. The molecule has 2 aromatic rings. The van der Waals surface area contributed by atoms with E-state index in [-0.39, 0.29) is 29.8 Å². The van der Waals surface area contributed by atoms with E-state index in [9.17, 15) is 19.5 Å². The Morgan fingerprint density at radius 1 is 0.791 bits per heavy atom. The van der Waals surface area contributed by atoms with Crippen molar-refractivity contribution in [3.63, 3.8) is 0 Å². The van der Waals surface area contributed by atoms with Crippen molar-refractivity contribution in [2.75, 3.05) is 13.7 Å². The van der Waals surface area contributed by atoms with Crippen LogP contribution in [0.3, 0.4) is 0 Å². The first-order valence-electron chi connectivity index (χ1n) is 14.2. The Morgan fingerprint density at radius 2 is 1.37 bits per heavy atom. The molecule has 0 aliphatic carbocycles. The quantitative estimate of drug-likeness (QED) is 0.368. The number of esters is 3. The number of benzene rings is 2. The molecule has 11 atom stereocenters. The van der Waals surface area contributed by atoms with Crippen molar-refractivity contribution in [2.45, 2.75) is 82.2 Å². The van der Waals surface area contributed by atoms with E-state index in [1.54, 1.807) is 55.5 Å². The third-order valence-electron chi connectivity index (χ3n) is 7.93. The molecule has 232 valence electrons. The van der Waals surface area contributed by atoms with Crippen LogP contribution in [0.4, 0.5) is 0 Å². The Labute approximate surface area is 249 Å². The zero-order valence-electron chi connectivity index (χ0n) is 24.3. The third kappa shape index (κ3) is 6.74. The fourth-order valence-electron chi connectivity index (χ4n) is 5.44. The number of aliphatic hydroxyl groups is 1. The van der Waals surface area contributed by atoms with Gasteiger partial charge in [0.1, 0.15) is 18.3 Å². The Kier molecular flexibility index (Phi) is 9.75. The fourth-order valence-corrected chi connectivity index (χ4v) is 5.44. The molecule has 43 heavy (non-hydrogen) atoms. The Morgan fingerprint density at radius 3 is 1.95 bits per heavy atom. The number of hydrogen-bond acceptors (Lipinski definition) is 12. The average molecular weight is 601 g/mol. The molecular weight excluding hydrogens is 564 g/mol. The van der Waals surface area contributed by atoms with Crippen molar-refractivity contribution in [3.8, 4) is 0 Å². The Bertz CT molecular complexity index is 1260. The zero-order chi connectivity index (χ0) is 30.7. The maximum Gasteiger partial charge on any atom is 0.338 e. The lowest BCUT2D eigenvalue weighted by molar-refractivity contribution is -0.357. The molecule has 0 amide bonds. The topological polar surface area (TPSA) is 145 Å². The van der Waals surface area contributed by atoms with E-state index < -0.39 is 73.2 Å². The first-order chi connectivity index (χ1) is 20.7. The van der Waals surface area contributed by atoms with Gasteiger partial charge in [-0.15, -0.1) is 0 Å². The third-order valence-corrected chi connectivity index (χ3v) is 7.93. The van der Waals surface area contributed by atoms with Crippen molar-refractivity contribution in [1.29, 1.82) is 0 Å². The van der Waals surface area contributed by atoms with Crippen LogP contribution >= 0.6 is 0 Å². The first kappa shape index (κ1) is 31.0. The first-order valence-corrected chi connectivity index (χ1v) is 14.2. The highest BCUT2D eigenvalue weighted by Gasteiger charge is 2.56. The van der Waals surface area contributed by atoms with E-state index in [4.69, 9.17) is 37.9 Å². The van der Waals surface area contributed by atoms with Crippen LogP contribution in [0, 0.1) is 5.92 Å². The van der Waals surface area contributed by atoms with Gasteiger partial charge in [0.2, 0.25) is 0 Å². The van der Waals surface area contributed by atoms with Gasteiger partial charge in [0.15, 0.2) is 30.9 Å². The molecule has 3 aliphatic rings. The molecule has 0 radical (unpaired) electrons. The maximum atomic E-state index is 13.3. The number of hydrogen-bond donors (Lipinski definition) is 1. The summed E-state index contributed by atoms with van der Waals surface area (Å²) in [6, 6.07) is 16.2. The summed E-state index contributed by atoms with van der Waals surface area (Å²) in [7, 11) is 1.13. The molecule has 12 nitrogen and oxygen atoms in total. The number of rotatable bonds is 7. The van der Waals surface area contributed by atoms with Crippen LogP contribution in [0.25, 0.3) is 0 Å². The smallest absolute Gasteiger partial charge is 0.338 e. The molecule has 0 bridgehead atoms. The van der Waals surface area contributed by atoms with Gasteiger partial charge in [0, 0.05) is 5.92 Å². The number of fused-ring (bicyclic) bond motifs is 1. The summed E-state index contributed by atoms with van der Waals surface area (Å²) in [5.41, 5.74) is 0.384. The molecule has 0 spiro atoms. The van der Waals surface area contributed by atoms with Crippen LogP contribution in [0.15, 0.2) is 60.7 Å². The van der Waals surface area contributed by atoms with Crippen molar-refractivity contribution < 1.29 is 57.4 Å². The minimum absolute atomic E-state index is 0.181. The van der Waals surface area contributed by atoms with Crippen LogP contribution in [0.2, 0.25) is 0 Å². The summed E-state index contributed by atoms with van der Waals surface area (Å²) in [6.07, 6.45) is -10.6. The predicted molar refractivity (Wildman–Crippen MR) is 147 cm³/mol. The van der Waals surface area contributed by atoms with E-state index in [2.05, 4.69) is 0 Å². The maximum absolute atomic E-state index is 13.3. The standard InChI is InChI=1S/C31H36O12/c1-16-17(2)38-21-15-37-18(3)39-24(21)23(16)42-31-27(41-29(34)20-13-9-6-10-14-20)25(22(32)26(43-31)30(35)36-4)40-28(33)19-11-7-5-8-12-19/h5-14,16-18,21-27,31-32H,15H2,1-4H3/t16?,17-,18?,21?,22-,23+,24-,25-,26?,27?,31+/m0/s1. The van der Waals surface area contributed by atoms with Crippen LogP contribution in [-0.4, -0.2) is 98.1 Å². The van der Waals surface area contributed by atoms with Crippen molar-refractivity contribution >= 4 is 17.9 Å². The zero-order valence-corrected chi connectivity index (χ0v) is 24.3. The molecule has 5 rings (SSSR count). The van der Waals surface area contributed by atoms with Gasteiger partial charge in [-0.2, -0.15) is 0 Å². The summed E-state index contributed by atoms with van der Waals surface area (Å²) in [5, 5.41) is 11.3. The number of carbonyl (C=O) groups excluding carboxylic acids is 3. The highest BCUT2D eigenvalue weighted by atomic mass is 16.8. The molecule has 1 N–H and O–H groups in total. The Balaban J connectivity index is 1.51. The van der Waals surface area contributed by atoms with Gasteiger partial charge in [0.05, 0.1) is 37.1 Å². The molecular formula is C31H36O12. The summed E-state index contributed by atoms with van der Waals surface area (Å²) >= 11 is 0. The minimum atomic E-state index is -1.77. The molecule has 0 saturated carbocycles. The summed E-state index contributed by atoms with van der Waals surface area (Å²) in [5.74, 6) is -2.79. The van der Waals surface area contributed by atoms with Crippen LogP contribution in [0.1, 0.15) is 41.5 Å². The monoisotopic (exact) mass is 600 g/mol. The van der Waals surface area contributed by atoms with Gasteiger partial charge in [-0.3, -0.25) is 0 Å². The lowest BCUT2D eigenvalue weighted by Gasteiger charge is -2.50. The molecule has 0 aromatic heterocycles. The van der Waals surface area contributed by atoms with Crippen LogP contribution in [-0.2, 0) is 42.7 Å². The normalized spacial score (nSPS) is 35.7. The van der Waals surface area contributed by atoms with Gasteiger partial charge in [0.25, 0.3) is 0 Å². The highest BCUT2D eigenvalue weighted by Crippen LogP contribution is 2.37. The second-order valence-corrected chi connectivity index (χ2v) is 10.8. The van der Waals surface area contributed by atoms with Gasteiger partial charge in [-0.25, -0.2) is 14.4 Å². The molecule has 5 unspecified atom stereocenters. The van der Waals surface area contributed by atoms with E-state index in [0.29, 0.717) is 0 Å². The molecule has 12 heteroatoms. The molecule has 3 saturated heterocycles. The average Bonchev–Trinajstić information content (AvgIpc) is 3.02. The largest absolute Gasteiger partial charge is 0.467 e. The van der Waals surface area contributed by atoms with Crippen molar-refractivity contribution in [3.05, 3.63) is 71.8 Å². The lowest BCUT2D eigenvalue weighted by atomic mass is 9.88. The van der Waals surface area contributed by atoms with Crippen molar-refractivity contribution in [1.82, 2.24) is 0 Å². The molecule has 2 aromatic carbocycles. The summed E-state index contributed by atoms with van der Waals surface area (Å²) in [6.45, 7) is 5.81. The number of aliphatic hydroxyl groups excluding tert-OH is 1. The Hall–Kier alpha value is -3.39. The van der Waals surface area contributed by atoms with Crippen LogP contribution < -0.4 is 0 Å². The van der Waals surface area contributed by atoms with Gasteiger partial charge >= 0.3 is 17.9 Å². The van der Waals surface area contributed by atoms with E-state index in [1.807, 2.05) is 13.8 Å². The van der Waals surface area contributed by atoms with E-state index in [1.165, 1.54) is 12.1 Å². The number of methoxy groups -OCH3 is 1. The number of ether oxygens (including phenoxy) is 8. The molecule has 3 fully saturated rings. The van der Waals surface area contributed by atoms with Crippen LogP contribution in [0.5, 0.6) is 0 Å². The minimum Gasteiger partial charge on any atom is -0.467 e. The van der Waals surface area contributed by atoms with Gasteiger partial charge < -0.3 is 43.0 Å². The second-order valence-electron chi connectivity index (χ2n) is 10.8. The summed E-state index contributed by atoms with van der Waals surface area (Å²) < 4.78 is 46.7. The van der Waals surface area contributed by atoms with Crippen molar-refractivity contribution in [2.24, 2.45) is 5.92 Å². The van der Waals surface area contributed by atoms with Gasteiger partial charge in [-0.05, 0) is 38.1 Å². The summed E-state index contributed by atoms with van der Waals surface area (Å²) in [4.78, 5) is 39.3. The fraction of sp³-hybridized carbons (Fsp3) is 0.516. The molecule has 3 aliphatic heterocycles. The van der Waals surface area contributed by atoms with E-state index in [0.717, 1.165) is 7.11 Å². The molecule has 3 heterocycles. The second kappa shape index (κ2) is 13.5. The highest BCUT2D eigenvalue weighted by molar-refractivity contribution is 5.90. The predicted octanol–water partition coefficient (Wildman–Crippen LogP) is 2.27.